The van der Waals surface area contributed by atoms with Crippen molar-refractivity contribution in [3.8, 4) is 17.1 Å². The van der Waals surface area contributed by atoms with Gasteiger partial charge in [0.2, 0.25) is 0 Å². The number of anilines is 2. The number of rotatable bonds is 7. The van der Waals surface area contributed by atoms with E-state index in [9.17, 15) is 4.79 Å². The Morgan fingerprint density at radius 3 is 2.72 bits per heavy atom. The highest BCUT2D eigenvalue weighted by atomic mass is 16.5. The lowest BCUT2D eigenvalue weighted by atomic mass is 10.1. The van der Waals surface area contributed by atoms with Gasteiger partial charge in [0.25, 0.3) is 5.56 Å². The lowest BCUT2D eigenvalue weighted by Crippen LogP contribution is -2.25. The van der Waals surface area contributed by atoms with E-state index in [-0.39, 0.29) is 5.56 Å². The van der Waals surface area contributed by atoms with Crippen LogP contribution in [0.25, 0.3) is 22.3 Å². The molecular formula is C26H26N4O2. The van der Waals surface area contributed by atoms with E-state index in [4.69, 9.17) is 9.72 Å². The molecule has 0 radical (unpaired) electrons. The van der Waals surface area contributed by atoms with Gasteiger partial charge in [-0.3, -0.25) is 4.79 Å². The van der Waals surface area contributed by atoms with E-state index in [1.54, 1.807) is 0 Å². The number of ether oxygens (including phenoxy) is 1. The van der Waals surface area contributed by atoms with Crippen molar-refractivity contribution < 1.29 is 4.74 Å². The van der Waals surface area contributed by atoms with Gasteiger partial charge in [0, 0.05) is 6.54 Å². The number of hydrogen-bond acceptors (Lipinski definition) is 5. The Bertz CT molecular complexity index is 1300. The van der Waals surface area contributed by atoms with Gasteiger partial charge in [0.1, 0.15) is 11.6 Å². The SMILES string of the molecule is CCCOc1ccccc1-c1nc2cc3c(cc2c(=O)[nH]1)NCN3CCc1ccccc1. The van der Waals surface area contributed by atoms with Crippen LogP contribution in [-0.2, 0) is 6.42 Å². The van der Waals surface area contributed by atoms with Crippen LogP contribution in [0.1, 0.15) is 18.9 Å². The first kappa shape index (κ1) is 20.1. The molecule has 0 aliphatic carbocycles. The van der Waals surface area contributed by atoms with Crippen LogP contribution in [0, 0.1) is 0 Å². The predicted molar refractivity (Wildman–Crippen MR) is 130 cm³/mol. The van der Waals surface area contributed by atoms with E-state index in [0.29, 0.717) is 23.3 Å². The molecule has 4 aromatic rings. The van der Waals surface area contributed by atoms with Crippen LogP contribution >= 0.6 is 0 Å². The summed E-state index contributed by atoms with van der Waals surface area (Å²) in [5.41, 5.74) is 4.68. The summed E-state index contributed by atoms with van der Waals surface area (Å²) in [6.07, 6.45) is 1.87. The van der Waals surface area contributed by atoms with Gasteiger partial charge in [-0.15, -0.1) is 0 Å². The van der Waals surface area contributed by atoms with E-state index in [0.717, 1.165) is 48.7 Å². The molecule has 0 unspecified atom stereocenters. The Balaban J connectivity index is 1.50. The van der Waals surface area contributed by atoms with Gasteiger partial charge in [-0.05, 0) is 42.7 Å². The van der Waals surface area contributed by atoms with Gasteiger partial charge < -0.3 is 19.9 Å². The zero-order valence-electron chi connectivity index (χ0n) is 18.1. The lowest BCUT2D eigenvalue weighted by Gasteiger charge is -2.18. The van der Waals surface area contributed by atoms with E-state index in [1.165, 1.54) is 5.56 Å². The molecule has 5 rings (SSSR count). The second kappa shape index (κ2) is 8.75. The van der Waals surface area contributed by atoms with Crippen LogP contribution in [0.2, 0.25) is 0 Å². The molecule has 3 aromatic carbocycles. The zero-order chi connectivity index (χ0) is 21.9. The van der Waals surface area contributed by atoms with Crippen LogP contribution < -0.4 is 20.5 Å². The molecule has 6 nitrogen and oxygen atoms in total. The number of nitrogens with one attached hydrogen (secondary N) is 2. The number of aromatic amines is 1. The summed E-state index contributed by atoms with van der Waals surface area (Å²) in [7, 11) is 0. The van der Waals surface area contributed by atoms with Crippen molar-refractivity contribution in [3.63, 3.8) is 0 Å². The first-order valence-corrected chi connectivity index (χ1v) is 11.1. The van der Waals surface area contributed by atoms with Crippen molar-refractivity contribution >= 4 is 22.3 Å². The van der Waals surface area contributed by atoms with E-state index < -0.39 is 0 Å². The van der Waals surface area contributed by atoms with Crippen LogP contribution in [0.4, 0.5) is 11.4 Å². The summed E-state index contributed by atoms with van der Waals surface area (Å²) < 4.78 is 5.88. The van der Waals surface area contributed by atoms with Gasteiger partial charge in [-0.2, -0.15) is 0 Å². The molecule has 0 bridgehead atoms. The van der Waals surface area contributed by atoms with E-state index in [2.05, 4.69) is 46.4 Å². The third-order valence-electron chi connectivity index (χ3n) is 5.74. The van der Waals surface area contributed by atoms with Crippen molar-refractivity contribution in [3.05, 3.63) is 82.6 Å². The number of H-pyrrole nitrogens is 1. The Morgan fingerprint density at radius 2 is 1.88 bits per heavy atom. The van der Waals surface area contributed by atoms with Crippen LogP contribution in [-0.4, -0.2) is 29.8 Å². The second-order valence-electron chi connectivity index (χ2n) is 7.98. The van der Waals surface area contributed by atoms with Crippen molar-refractivity contribution in [2.75, 3.05) is 30.0 Å². The Hall–Kier alpha value is -3.80. The number of benzene rings is 3. The number of hydrogen-bond donors (Lipinski definition) is 2. The molecular weight excluding hydrogens is 400 g/mol. The predicted octanol–water partition coefficient (Wildman–Crippen LogP) is 4.81. The Morgan fingerprint density at radius 1 is 1.06 bits per heavy atom. The number of para-hydroxylation sites is 1. The number of fused-ring (bicyclic) bond motifs is 2. The molecule has 2 N–H and O–H groups in total. The molecule has 1 aliphatic heterocycles. The maximum Gasteiger partial charge on any atom is 0.259 e. The first-order valence-electron chi connectivity index (χ1n) is 11.1. The average Bonchev–Trinajstić information content (AvgIpc) is 3.23. The molecule has 1 aromatic heterocycles. The fourth-order valence-electron chi connectivity index (χ4n) is 4.08. The Labute approximate surface area is 186 Å². The van der Waals surface area contributed by atoms with Gasteiger partial charge in [-0.25, -0.2) is 4.98 Å². The van der Waals surface area contributed by atoms with Crippen molar-refractivity contribution in [2.45, 2.75) is 19.8 Å². The Kier molecular flexibility index (Phi) is 5.50. The molecule has 32 heavy (non-hydrogen) atoms. The van der Waals surface area contributed by atoms with Gasteiger partial charge in [0.15, 0.2) is 0 Å². The lowest BCUT2D eigenvalue weighted by molar-refractivity contribution is 0.318. The standard InChI is InChI=1S/C26H26N4O2/c1-2-14-32-24-11-7-6-10-19(24)25-28-21-16-23-22(15-20(21)26(31)29-25)27-17-30(23)13-12-18-8-4-3-5-9-18/h3-11,15-16,27H,2,12-14,17H2,1H3,(H,28,29,31). The maximum absolute atomic E-state index is 12.9. The highest BCUT2D eigenvalue weighted by molar-refractivity contribution is 5.92. The summed E-state index contributed by atoms with van der Waals surface area (Å²) >= 11 is 0. The molecule has 0 atom stereocenters. The minimum atomic E-state index is -0.150. The summed E-state index contributed by atoms with van der Waals surface area (Å²) in [6, 6.07) is 22.1. The monoisotopic (exact) mass is 426 g/mol. The van der Waals surface area contributed by atoms with Crippen LogP contribution in [0.15, 0.2) is 71.5 Å². The van der Waals surface area contributed by atoms with Crippen molar-refractivity contribution in [1.82, 2.24) is 9.97 Å². The molecule has 162 valence electrons. The summed E-state index contributed by atoms with van der Waals surface area (Å²) in [5, 5.41) is 3.99. The summed E-state index contributed by atoms with van der Waals surface area (Å²) in [4.78, 5) is 23.0. The fourth-order valence-corrected chi connectivity index (χ4v) is 4.08. The molecule has 0 saturated heterocycles. The average molecular weight is 427 g/mol. The third kappa shape index (κ3) is 3.91. The fraction of sp³-hybridized carbons (Fsp3) is 0.231. The van der Waals surface area contributed by atoms with E-state index in [1.807, 2.05) is 42.5 Å². The molecule has 0 amide bonds. The largest absolute Gasteiger partial charge is 0.493 e. The topological polar surface area (TPSA) is 70.2 Å². The minimum absolute atomic E-state index is 0.150. The molecule has 0 saturated carbocycles. The highest BCUT2D eigenvalue weighted by Crippen LogP contribution is 2.35. The molecule has 2 heterocycles. The maximum atomic E-state index is 12.9. The van der Waals surface area contributed by atoms with Crippen molar-refractivity contribution in [1.29, 1.82) is 0 Å². The highest BCUT2D eigenvalue weighted by Gasteiger charge is 2.21. The van der Waals surface area contributed by atoms with Gasteiger partial charge in [0.05, 0.1) is 41.1 Å². The first-order chi connectivity index (χ1) is 15.7. The van der Waals surface area contributed by atoms with Gasteiger partial charge >= 0.3 is 0 Å². The normalized spacial score (nSPS) is 12.6. The third-order valence-corrected chi connectivity index (χ3v) is 5.74. The molecule has 0 fully saturated rings. The van der Waals surface area contributed by atoms with E-state index >= 15 is 0 Å². The van der Waals surface area contributed by atoms with Gasteiger partial charge in [-0.1, -0.05) is 49.4 Å². The zero-order valence-corrected chi connectivity index (χ0v) is 18.1. The summed E-state index contributed by atoms with van der Waals surface area (Å²) in [6.45, 7) is 4.29. The number of nitrogens with zero attached hydrogens (tertiary/aromatic N) is 2. The smallest absolute Gasteiger partial charge is 0.259 e. The quantitative estimate of drug-likeness (QED) is 0.444. The minimum Gasteiger partial charge on any atom is -0.493 e. The van der Waals surface area contributed by atoms with Crippen molar-refractivity contribution in [2.24, 2.45) is 0 Å². The summed E-state index contributed by atoms with van der Waals surface area (Å²) in [5.74, 6) is 1.25. The van der Waals surface area contributed by atoms with Crippen LogP contribution in [0.5, 0.6) is 5.75 Å². The van der Waals surface area contributed by atoms with Crippen LogP contribution in [0.3, 0.4) is 0 Å². The second-order valence-corrected chi connectivity index (χ2v) is 7.98. The molecule has 0 spiro atoms. The molecule has 6 heteroatoms. The molecule has 1 aliphatic rings. The number of aromatic nitrogens is 2.